The van der Waals surface area contributed by atoms with Crippen LogP contribution in [0.25, 0.3) is 0 Å². The molecule has 0 spiro atoms. The van der Waals surface area contributed by atoms with Gasteiger partial charge in [-0.2, -0.15) is 0 Å². The number of carbonyl (C=O) groups is 1. The third-order valence-corrected chi connectivity index (χ3v) is 7.51. The monoisotopic (exact) mass is 516 g/mol. The lowest BCUT2D eigenvalue weighted by Crippen LogP contribution is -2.26. The molecular weight excluding hydrogens is 488 g/mol. The lowest BCUT2D eigenvalue weighted by Gasteiger charge is -2.23. The number of carbonyl (C=O) groups excluding carboxylic acids is 1. The predicted molar refractivity (Wildman–Crippen MR) is 138 cm³/mol. The molecule has 0 saturated heterocycles. The van der Waals surface area contributed by atoms with Crippen LogP contribution in [0.5, 0.6) is 0 Å². The SMILES string of the molecule is CCONC(=O)c1cnc(Nc2ncc(C)s2)cc1Nc1ccc(C2CC2)cc1N(C)S(C)(=O)=O. The van der Waals surface area contributed by atoms with Crippen molar-refractivity contribution in [3.63, 3.8) is 0 Å². The summed E-state index contributed by atoms with van der Waals surface area (Å²) in [7, 11) is -2.00. The van der Waals surface area contributed by atoms with Crippen molar-refractivity contribution < 1.29 is 18.0 Å². The first-order valence-electron chi connectivity index (χ1n) is 11.1. The van der Waals surface area contributed by atoms with Gasteiger partial charge in [-0.3, -0.25) is 13.9 Å². The minimum Gasteiger partial charge on any atom is -0.353 e. The Morgan fingerprint density at radius 2 is 1.94 bits per heavy atom. The Bertz CT molecular complexity index is 1340. The third kappa shape index (κ3) is 6.08. The standard InChI is InChI=1S/C23H28N6O4S2/c1-5-33-28-22(30)17-13-24-21(27-23-25-12-14(2)34-23)11-19(17)26-18-9-8-16(15-6-7-15)10-20(18)29(3)35(4,31)32/h8-13,15H,5-7H2,1-4H3,(H,28,30)(H2,24,25,26,27). The minimum atomic E-state index is -3.52. The number of benzene rings is 1. The van der Waals surface area contributed by atoms with Crippen LogP contribution >= 0.6 is 11.3 Å². The highest BCUT2D eigenvalue weighted by Crippen LogP contribution is 2.43. The summed E-state index contributed by atoms with van der Waals surface area (Å²) < 4.78 is 26.0. The van der Waals surface area contributed by atoms with E-state index in [0.29, 0.717) is 40.5 Å². The molecule has 0 atom stereocenters. The van der Waals surface area contributed by atoms with E-state index in [1.54, 1.807) is 19.2 Å². The molecule has 4 rings (SSSR count). The maximum Gasteiger partial charge on any atom is 0.278 e. The molecule has 0 radical (unpaired) electrons. The zero-order valence-corrected chi connectivity index (χ0v) is 21.6. The van der Waals surface area contributed by atoms with E-state index in [1.165, 1.54) is 28.9 Å². The number of nitrogens with one attached hydrogen (secondary N) is 3. The Kier molecular flexibility index (Phi) is 7.24. The molecule has 3 aromatic rings. The topological polar surface area (TPSA) is 126 Å². The van der Waals surface area contributed by atoms with Crippen LogP contribution in [0.3, 0.4) is 0 Å². The fraction of sp³-hybridized carbons (Fsp3) is 0.348. The molecule has 1 aliphatic carbocycles. The Balaban J connectivity index is 1.73. The second-order valence-electron chi connectivity index (χ2n) is 8.29. The molecule has 35 heavy (non-hydrogen) atoms. The summed E-state index contributed by atoms with van der Waals surface area (Å²) >= 11 is 1.48. The van der Waals surface area contributed by atoms with Crippen LogP contribution in [-0.4, -0.2) is 44.2 Å². The van der Waals surface area contributed by atoms with E-state index in [4.69, 9.17) is 4.84 Å². The van der Waals surface area contributed by atoms with Gasteiger partial charge in [0.1, 0.15) is 5.82 Å². The largest absolute Gasteiger partial charge is 0.353 e. The summed E-state index contributed by atoms with van der Waals surface area (Å²) in [5.41, 5.74) is 5.17. The van der Waals surface area contributed by atoms with Crippen molar-refractivity contribution in [2.45, 2.75) is 32.6 Å². The summed E-state index contributed by atoms with van der Waals surface area (Å²) in [5.74, 6) is 0.440. The molecule has 12 heteroatoms. The van der Waals surface area contributed by atoms with Crippen LogP contribution in [0.15, 0.2) is 36.7 Å². The van der Waals surface area contributed by atoms with Crippen molar-refractivity contribution >= 4 is 55.3 Å². The molecule has 1 aliphatic rings. The second kappa shape index (κ2) is 10.2. The molecular formula is C23H28N6O4S2. The first kappa shape index (κ1) is 24.9. The summed E-state index contributed by atoms with van der Waals surface area (Å²) in [6.45, 7) is 4.02. The summed E-state index contributed by atoms with van der Waals surface area (Å²) in [6, 6.07) is 7.39. The number of hydrogen-bond acceptors (Lipinski definition) is 9. The second-order valence-corrected chi connectivity index (χ2v) is 11.5. The molecule has 10 nitrogen and oxygen atoms in total. The number of sulfonamides is 1. The van der Waals surface area contributed by atoms with Crippen LogP contribution in [0.2, 0.25) is 0 Å². The fourth-order valence-electron chi connectivity index (χ4n) is 3.43. The van der Waals surface area contributed by atoms with E-state index >= 15 is 0 Å². The van der Waals surface area contributed by atoms with Gasteiger partial charge in [-0.05, 0) is 50.3 Å². The van der Waals surface area contributed by atoms with Crippen LogP contribution in [0.4, 0.5) is 28.0 Å². The van der Waals surface area contributed by atoms with Gasteiger partial charge in [0, 0.05) is 30.4 Å². The van der Waals surface area contributed by atoms with E-state index in [0.717, 1.165) is 29.5 Å². The van der Waals surface area contributed by atoms with E-state index in [-0.39, 0.29) is 5.56 Å². The van der Waals surface area contributed by atoms with Crippen molar-refractivity contribution in [1.29, 1.82) is 0 Å². The number of aryl methyl sites for hydroxylation is 1. The summed E-state index contributed by atoms with van der Waals surface area (Å²) in [6.07, 6.45) is 6.52. The van der Waals surface area contributed by atoms with Gasteiger partial charge >= 0.3 is 0 Å². The van der Waals surface area contributed by atoms with Crippen LogP contribution in [0, 0.1) is 6.92 Å². The highest BCUT2D eigenvalue weighted by Gasteiger charge is 2.26. The smallest absolute Gasteiger partial charge is 0.278 e. The Labute approximate surface area is 208 Å². The van der Waals surface area contributed by atoms with Crippen molar-refractivity contribution in [3.8, 4) is 0 Å². The zero-order chi connectivity index (χ0) is 25.2. The third-order valence-electron chi connectivity index (χ3n) is 5.49. The van der Waals surface area contributed by atoms with Gasteiger partial charge < -0.3 is 10.6 Å². The van der Waals surface area contributed by atoms with Crippen molar-refractivity contribution in [2.75, 3.05) is 34.8 Å². The van der Waals surface area contributed by atoms with Crippen LogP contribution < -0.4 is 20.4 Å². The van der Waals surface area contributed by atoms with Crippen LogP contribution in [-0.2, 0) is 14.9 Å². The number of rotatable bonds is 10. The number of nitrogens with zero attached hydrogens (tertiary/aromatic N) is 3. The maximum absolute atomic E-state index is 12.8. The highest BCUT2D eigenvalue weighted by molar-refractivity contribution is 7.92. The molecule has 1 amide bonds. The maximum atomic E-state index is 12.8. The number of anilines is 5. The number of amides is 1. The molecule has 1 fully saturated rings. The lowest BCUT2D eigenvalue weighted by atomic mass is 10.1. The molecule has 1 saturated carbocycles. The average molecular weight is 517 g/mol. The molecule has 1 aromatic carbocycles. The van der Waals surface area contributed by atoms with E-state index < -0.39 is 15.9 Å². The number of pyridine rings is 1. The number of aromatic nitrogens is 2. The lowest BCUT2D eigenvalue weighted by molar-refractivity contribution is 0.0365. The molecule has 2 heterocycles. The Morgan fingerprint density at radius 1 is 1.17 bits per heavy atom. The number of hydrogen-bond donors (Lipinski definition) is 3. The van der Waals surface area contributed by atoms with E-state index in [9.17, 15) is 13.2 Å². The van der Waals surface area contributed by atoms with Gasteiger partial charge in [0.25, 0.3) is 5.91 Å². The van der Waals surface area contributed by atoms with E-state index in [2.05, 4.69) is 26.1 Å². The van der Waals surface area contributed by atoms with Crippen molar-refractivity contribution in [2.24, 2.45) is 0 Å². The first-order chi connectivity index (χ1) is 16.7. The van der Waals surface area contributed by atoms with Gasteiger partial charge in [-0.1, -0.05) is 6.07 Å². The predicted octanol–water partition coefficient (Wildman–Crippen LogP) is 4.29. The van der Waals surface area contributed by atoms with Gasteiger partial charge in [-0.25, -0.2) is 23.9 Å². The summed E-state index contributed by atoms with van der Waals surface area (Å²) in [5, 5.41) is 7.06. The molecule has 0 aliphatic heterocycles. The van der Waals surface area contributed by atoms with Crippen molar-refractivity contribution in [1.82, 2.24) is 15.4 Å². The average Bonchev–Trinajstić information content (AvgIpc) is 3.59. The normalized spacial score (nSPS) is 13.4. The zero-order valence-electron chi connectivity index (χ0n) is 20.0. The van der Waals surface area contributed by atoms with E-state index in [1.807, 2.05) is 25.1 Å². The summed E-state index contributed by atoms with van der Waals surface area (Å²) in [4.78, 5) is 27.5. The van der Waals surface area contributed by atoms with Gasteiger partial charge in [-0.15, -0.1) is 11.3 Å². The van der Waals surface area contributed by atoms with Gasteiger partial charge in [0.05, 0.1) is 35.5 Å². The highest BCUT2D eigenvalue weighted by atomic mass is 32.2. The first-order valence-corrected chi connectivity index (χ1v) is 13.8. The number of hydroxylamine groups is 1. The van der Waals surface area contributed by atoms with Gasteiger partial charge in [0.2, 0.25) is 10.0 Å². The minimum absolute atomic E-state index is 0.235. The molecule has 0 unspecified atom stereocenters. The number of thiazole rings is 1. The molecule has 2 aromatic heterocycles. The fourth-order valence-corrected chi connectivity index (χ4v) is 4.61. The Hall–Kier alpha value is -3.22. The molecule has 0 bridgehead atoms. The Morgan fingerprint density at radius 3 is 2.57 bits per heavy atom. The van der Waals surface area contributed by atoms with Gasteiger partial charge in [0.15, 0.2) is 5.13 Å². The quantitative estimate of drug-likeness (QED) is 0.341. The molecule has 3 N–H and O–H groups in total. The molecule has 186 valence electrons. The van der Waals surface area contributed by atoms with Crippen LogP contribution in [0.1, 0.15) is 46.5 Å². The van der Waals surface area contributed by atoms with Crippen molar-refractivity contribution in [3.05, 3.63) is 52.7 Å².